The molecular formula is C12H11Cl2N3O3. The second-order valence-corrected chi connectivity index (χ2v) is 4.78. The van der Waals surface area contributed by atoms with Crippen molar-refractivity contribution < 1.29 is 9.34 Å². The summed E-state index contributed by atoms with van der Waals surface area (Å²) in [5.74, 6) is 1.20. The maximum absolute atomic E-state index is 11.0. The number of aryl methyl sites for hydroxylation is 1. The number of nitro groups is 1. The van der Waals surface area contributed by atoms with Gasteiger partial charge in [-0.05, 0) is 6.07 Å². The van der Waals surface area contributed by atoms with Crippen LogP contribution in [-0.2, 0) is 13.0 Å². The fourth-order valence-corrected chi connectivity index (χ4v) is 1.91. The molecule has 0 aliphatic heterocycles. The van der Waals surface area contributed by atoms with Crippen LogP contribution in [0.1, 0.15) is 18.6 Å². The number of hydrogen-bond donors (Lipinski definition) is 1. The number of nitrogens with zero attached hydrogens (tertiary/aromatic N) is 2. The maximum Gasteiger partial charge on any atom is 0.293 e. The Hall–Kier alpha value is -1.79. The minimum absolute atomic E-state index is 0.133. The van der Waals surface area contributed by atoms with E-state index < -0.39 is 4.92 Å². The smallest absolute Gasteiger partial charge is 0.293 e. The molecule has 0 radical (unpaired) electrons. The maximum atomic E-state index is 11.0. The van der Waals surface area contributed by atoms with Gasteiger partial charge in [0.1, 0.15) is 11.4 Å². The Bertz CT molecular complexity index is 643. The fourth-order valence-electron chi connectivity index (χ4n) is 1.59. The van der Waals surface area contributed by atoms with E-state index in [0.29, 0.717) is 5.89 Å². The lowest BCUT2D eigenvalue weighted by Gasteiger charge is -2.06. The summed E-state index contributed by atoms with van der Waals surface area (Å²) in [6.07, 6.45) is 2.36. The Labute approximate surface area is 124 Å². The number of oxazole rings is 1. The van der Waals surface area contributed by atoms with Gasteiger partial charge in [0.25, 0.3) is 5.69 Å². The topological polar surface area (TPSA) is 81.2 Å². The first kappa shape index (κ1) is 14.6. The summed E-state index contributed by atoms with van der Waals surface area (Å²) in [7, 11) is 0. The van der Waals surface area contributed by atoms with Crippen LogP contribution in [0.3, 0.4) is 0 Å². The van der Waals surface area contributed by atoms with Crippen LogP contribution in [0.5, 0.6) is 0 Å². The molecule has 0 fully saturated rings. The van der Waals surface area contributed by atoms with Crippen molar-refractivity contribution in [1.82, 2.24) is 4.98 Å². The zero-order chi connectivity index (χ0) is 14.7. The van der Waals surface area contributed by atoms with Gasteiger partial charge >= 0.3 is 0 Å². The van der Waals surface area contributed by atoms with Gasteiger partial charge in [-0.15, -0.1) is 0 Å². The summed E-state index contributed by atoms with van der Waals surface area (Å²) in [6, 6.07) is 2.62. The van der Waals surface area contributed by atoms with Gasteiger partial charge in [-0.2, -0.15) is 0 Å². The predicted molar refractivity (Wildman–Crippen MR) is 76.3 cm³/mol. The quantitative estimate of drug-likeness (QED) is 0.664. The average molecular weight is 316 g/mol. The standard InChI is InChI=1S/C12H11Cl2N3O3/c1-2-7-5-16-12(20-7)6-15-10-3-8(13)9(14)4-11(10)17(18)19/h3-5,15H,2,6H2,1H3. The van der Waals surface area contributed by atoms with Crippen LogP contribution in [0.4, 0.5) is 11.4 Å². The third kappa shape index (κ3) is 3.20. The lowest BCUT2D eigenvalue weighted by atomic mass is 10.2. The van der Waals surface area contributed by atoms with Gasteiger partial charge in [0.05, 0.1) is 27.7 Å². The highest BCUT2D eigenvalue weighted by Gasteiger charge is 2.17. The SMILES string of the molecule is CCc1cnc(CNc2cc(Cl)c(Cl)cc2[N+](=O)[O-])o1. The van der Waals surface area contributed by atoms with E-state index in [-0.39, 0.29) is 28.0 Å². The van der Waals surface area contributed by atoms with E-state index in [4.69, 9.17) is 27.6 Å². The molecule has 20 heavy (non-hydrogen) atoms. The molecule has 106 valence electrons. The van der Waals surface area contributed by atoms with Crippen LogP contribution < -0.4 is 5.32 Å². The van der Waals surface area contributed by atoms with Crippen molar-refractivity contribution in [3.63, 3.8) is 0 Å². The van der Waals surface area contributed by atoms with Gasteiger partial charge in [0, 0.05) is 12.5 Å². The first-order valence-electron chi connectivity index (χ1n) is 5.82. The zero-order valence-electron chi connectivity index (χ0n) is 10.5. The number of nitro benzene ring substituents is 1. The molecule has 0 saturated heterocycles. The second-order valence-electron chi connectivity index (χ2n) is 3.97. The minimum Gasteiger partial charge on any atom is -0.444 e. The monoisotopic (exact) mass is 315 g/mol. The fraction of sp³-hybridized carbons (Fsp3) is 0.250. The predicted octanol–water partition coefficient (Wildman–Crippen LogP) is 4.06. The Kier molecular flexibility index (Phi) is 4.46. The van der Waals surface area contributed by atoms with Crippen LogP contribution in [0, 0.1) is 10.1 Å². The molecule has 0 aliphatic carbocycles. The molecule has 1 heterocycles. The Morgan fingerprint density at radius 2 is 2.10 bits per heavy atom. The average Bonchev–Trinajstić information content (AvgIpc) is 2.87. The Morgan fingerprint density at radius 3 is 2.70 bits per heavy atom. The summed E-state index contributed by atoms with van der Waals surface area (Å²) < 4.78 is 5.41. The molecular weight excluding hydrogens is 305 g/mol. The Morgan fingerprint density at radius 1 is 1.40 bits per heavy atom. The number of aromatic nitrogens is 1. The molecule has 2 aromatic rings. The molecule has 2 rings (SSSR count). The van der Waals surface area contributed by atoms with Crippen molar-refractivity contribution in [1.29, 1.82) is 0 Å². The van der Waals surface area contributed by atoms with Gasteiger partial charge in [-0.25, -0.2) is 4.98 Å². The van der Waals surface area contributed by atoms with Gasteiger partial charge in [-0.3, -0.25) is 10.1 Å². The van der Waals surface area contributed by atoms with Crippen molar-refractivity contribution in [2.24, 2.45) is 0 Å². The summed E-state index contributed by atoms with van der Waals surface area (Å²) >= 11 is 11.6. The molecule has 0 unspecified atom stereocenters. The van der Waals surface area contributed by atoms with Gasteiger partial charge in [-0.1, -0.05) is 30.1 Å². The number of hydrogen-bond acceptors (Lipinski definition) is 5. The largest absolute Gasteiger partial charge is 0.444 e. The lowest BCUT2D eigenvalue weighted by Crippen LogP contribution is -2.03. The van der Waals surface area contributed by atoms with E-state index in [1.54, 1.807) is 6.20 Å². The lowest BCUT2D eigenvalue weighted by molar-refractivity contribution is -0.383. The third-order valence-electron chi connectivity index (χ3n) is 2.62. The van der Waals surface area contributed by atoms with Gasteiger partial charge in [0.15, 0.2) is 0 Å². The Balaban J connectivity index is 2.20. The number of nitrogens with one attached hydrogen (secondary N) is 1. The molecule has 0 spiro atoms. The third-order valence-corrected chi connectivity index (χ3v) is 3.34. The van der Waals surface area contributed by atoms with E-state index in [9.17, 15) is 10.1 Å². The van der Waals surface area contributed by atoms with Crippen molar-refractivity contribution in [3.8, 4) is 0 Å². The van der Waals surface area contributed by atoms with Crippen LogP contribution >= 0.6 is 23.2 Å². The van der Waals surface area contributed by atoms with E-state index in [0.717, 1.165) is 12.2 Å². The zero-order valence-corrected chi connectivity index (χ0v) is 12.0. The first-order valence-corrected chi connectivity index (χ1v) is 6.57. The molecule has 6 nitrogen and oxygen atoms in total. The van der Waals surface area contributed by atoms with Gasteiger partial charge < -0.3 is 9.73 Å². The highest BCUT2D eigenvalue weighted by atomic mass is 35.5. The minimum atomic E-state index is -0.530. The van der Waals surface area contributed by atoms with Crippen molar-refractivity contribution >= 4 is 34.6 Å². The molecule has 0 bridgehead atoms. The van der Waals surface area contributed by atoms with Crippen LogP contribution in [0.25, 0.3) is 0 Å². The van der Waals surface area contributed by atoms with E-state index >= 15 is 0 Å². The van der Waals surface area contributed by atoms with Crippen molar-refractivity contribution in [2.75, 3.05) is 5.32 Å². The molecule has 0 aliphatic rings. The molecule has 1 N–H and O–H groups in total. The number of anilines is 1. The normalized spacial score (nSPS) is 10.6. The molecule has 1 aromatic heterocycles. The highest BCUT2D eigenvalue weighted by Crippen LogP contribution is 2.34. The van der Waals surface area contributed by atoms with Crippen LogP contribution in [-0.4, -0.2) is 9.91 Å². The number of halogens is 2. The van der Waals surface area contributed by atoms with E-state index in [1.807, 2.05) is 6.92 Å². The summed E-state index contributed by atoms with van der Waals surface area (Å²) in [5, 5.41) is 14.2. The summed E-state index contributed by atoms with van der Waals surface area (Å²) in [4.78, 5) is 14.5. The molecule has 0 saturated carbocycles. The summed E-state index contributed by atoms with van der Waals surface area (Å²) in [5.41, 5.74) is 0.113. The summed E-state index contributed by atoms with van der Waals surface area (Å²) in [6.45, 7) is 2.17. The van der Waals surface area contributed by atoms with Gasteiger partial charge in [0.2, 0.25) is 5.89 Å². The second kappa shape index (κ2) is 6.11. The molecule has 0 atom stereocenters. The van der Waals surface area contributed by atoms with Crippen molar-refractivity contribution in [2.45, 2.75) is 19.9 Å². The molecule has 1 aromatic carbocycles. The first-order chi connectivity index (χ1) is 9.51. The highest BCUT2D eigenvalue weighted by molar-refractivity contribution is 6.42. The molecule has 8 heteroatoms. The van der Waals surface area contributed by atoms with E-state index in [2.05, 4.69) is 10.3 Å². The van der Waals surface area contributed by atoms with Crippen LogP contribution in [0.2, 0.25) is 10.0 Å². The van der Waals surface area contributed by atoms with Crippen molar-refractivity contribution in [3.05, 3.63) is 50.1 Å². The van der Waals surface area contributed by atoms with Crippen LogP contribution in [0.15, 0.2) is 22.7 Å². The number of rotatable bonds is 5. The molecule has 0 amide bonds. The number of benzene rings is 1. The van der Waals surface area contributed by atoms with E-state index in [1.165, 1.54) is 12.1 Å².